The van der Waals surface area contributed by atoms with Crippen LogP contribution in [0.5, 0.6) is 0 Å². The van der Waals surface area contributed by atoms with E-state index in [0.29, 0.717) is 5.69 Å². The maximum atomic E-state index is 13.0. The molecule has 0 aliphatic carbocycles. The van der Waals surface area contributed by atoms with Gasteiger partial charge in [-0.2, -0.15) is 0 Å². The van der Waals surface area contributed by atoms with Gasteiger partial charge in [-0.05, 0) is 73.5 Å². The van der Waals surface area contributed by atoms with Crippen LogP contribution in [0.15, 0.2) is 71.6 Å². The van der Waals surface area contributed by atoms with Crippen LogP contribution in [-0.2, 0) is 10.0 Å². The van der Waals surface area contributed by atoms with Crippen molar-refractivity contribution in [1.82, 2.24) is 0 Å². The van der Waals surface area contributed by atoms with E-state index < -0.39 is 21.7 Å². The Labute approximate surface area is 163 Å². The molecule has 0 saturated carbocycles. The molecule has 0 unspecified atom stereocenters. The number of benzene rings is 3. The molecule has 0 bridgehead atoms. The van der Waals surface area contributed by atoms with Crippen LogP contribution in [0.4, 0.5) is 15.8 Å². The third kappa shape index (κ3) is 4.37. The molecule has 28 heavy (non-hydrogen) atoms. The van der Waals surface area contributed by atoms with Crippen LogP contribution in [0.1, 0.15) is 21.5 Å². The average Bonchev–Trinajstić information content (AvgIpc) is 2.66. The van der Waals surface area contributed by atoms with Crippen LogP contribution in [-0.4, -0.2) is 14.3 Å². The Kier molecular flexibility index (Phi) is 5.46. The van der Waals surface area contributed by atoms with Gasteiger partial charge in [-0.1, -0.05) is 18.2 Å². The molecule has 7 heteroatoms. The first-order chi connectivity index (χ1) is 13.3. The summed E-state index contributed by atoms with van der Waals surface area (Å²) in [6.45, 7) is 3.73. The fraction of sp³-hybridized carbons (Fsp3) is 0.0952. The topological polar surface area (TPSA) is 75.3 Å². The molecule has 3 aromatic rings. The SMILES string of the molecule is Cc1ccc(S(=O)(=O)Nc2ccccc2C(=O)Nc2ccc(F)cc2)cc1C. The van der Waals surface area contributed by atoms with Crippen LogP contribution < -0.4 is 10.0 Å². The number of rotatable bonds is 5. The first-order valence-corrected chi connectivity index (χ1v) is 10.0. The van der Waals surface area contributed by atoms with E-state index in [2.05, 4.69) is 10.0 Å². The third-order valence-electron chi connectivity index (χ3n) is 4.31. The number of nitrogens with one attached hydrogen (secondary N) is 2. The van der Waals surface area contributed by atoms with E-state index in [-0.39, 0.29) is 16.1 Å². The standard InChI is InChI=1S/C21H19FN2O3S/c1-14-7-12-18(13-15(14)2)28(26,27)24-20-6-4-3-5-19(20)21(25)23-17-10-8-16(22)9-11-17/h3-13,24H,1-2H3,(H,23,25). The molecule has 3 aromatic carbocycles. The summed E-state index contributed by atoms with van der Waals surface area (Å²) in [5, 5.41) is 2.63. The molecular formula is C21H19FN2O3S. The molecular weight excluding hydrogens is 379 g/mol. The number of para-hydroxylation sites is 1. The fourth-order valence-corrected chi connectivity index (χ4v) is 3.75. The van der Waals surface area contributed by atoms with Crippen LogP contribution in [0.25, 0.3) is 0 Å². The normalized spacial score (nSPS) is 11.1. The van der Waals surface area contributed by atoms with E-state index in [0.717, 1.165) is 11.1 Å². The van der Waals surface area contributed by atoms with Gasteiger partial charge in [0.2, 0.25) is 0 Å². The van der Waals surface area contributed by atoms with E-state index in [1.807, 2.05) is 13.8 Å². The van der Waals surface area contributed by atoms with Crippen molar-refractivity contribution in [3.8, 4) is 0 Å². The summed E-state index contributed by atoms with van der Waals surface area (Å²) >= 11 is 0. The molecule has 0 fully saturated rings. The number of amides is 1. The summed E-state index contributed by atoms with van der Waals surface area (Å²) < 4.78 is 41.0. The number of anilines is 2. The van der Waals surface area contributed by atoms with Gasteiger partial charge in [-0.15, -0.1) is 0 Å². The lowest BCUT2D eigenvalue weighted by molar-refractivity contribution is 0.102. The van der Waals surface area contributed by atoms with Crippen LogP contribution >= 0.6 is 0 Å². The largest absolute Gasteiger partial charge is 0.322 e. The predicted molar refractivity (Wildman–Crippen MR) is 108 cm³/mol. The number of hydrogen-bond donors (Lipinski definition) is 2. The molecule has 1 amide bonds. The van der Waals surface area contributed by atoms with Gasteiger partial charge in [-0.25, -0.2) is 12.8 Å². The summed E-state index contributed by atoms with van der Waals surface area (Å²) in [7, 11) is -3.87. The Morgan fingerprint density at radius 1 is 0.893 bits per heavy atom. The fourth-order valence-electron chi connectivity index (χ4n) is 2.59. The zero-order valence-electron chi connectivity index (χ0n) is 15.4. The molecule has 0 aliphatic rings. The Balaban J connectivity index is 1.88. The molecule has 5 nitrogen and oxygen atoms in total. The van der Waals surface area contributed by atoms with Crippen LogP contribution in [0.3, 0.4) is 0 Å². The van der Waals surface area contributed by atoms with Gasteiger partial charge in [0.15, 0.2) is 0 Å². The van der Waals surface area contributed by atoms with E-state index >= 15 is 0 Å². The molecule has 0 aliphatic heterocycles. The van der Waals surface area contributed by atoms with Gasteiger partial charge in [0.05, 0.1) is 16.1 Å². The molecule has 144 valence electrons. The summed E-state index contributed by atoms with van der Waals surface area (Å²) in [6, 6.07) is 16.4. The first kappa shape index (κ1) is 19.6. The maximum Gasteiger partial charge on any atom is 0.261 e. The Hall–Kier alpha value is -3.19. The highest BCUT2D eigenvalue weighted by molar-refractivity contribution is 7.92. The van der Waals surface area contributed by atoms with Crippen molar-refractivity contribution in [2.75, 3.05) is 10.0 Å². The van der Waals surface area contributed by atoms with Crippen molar-refractivity contribution in [1.29, 1.82) is 0 Å². The van der Waals surface area contributed by atoms with E-state index in [1.54, 1.807) is 24.3 Å². The molecule has 0 atom stereocenters. The molecule has 0 saturated heterocycles. The minimum absolute atomic E-state index is 0.115. The Bertz CT molecular complexity index is 1130. The molecule has 0 radical (unpaired) electrons. The molecule has 0 aromatic heterocycles. The van der Waals surface area contributed by atoms with Crippen LogP contribution in [0, 0.1) is 19.7 Å². The first-order valence-electron chi connectivity index (χ1n) is 8.52. The highest BCUT2D eigenvalue weighted by Crippen LogP contribution is 2.23. The average molecular weight is 398 g/mol. The summed E-state index contributed by atoms with van der Waals surface area (Å²) in [5.41, 5.74) is 2.54. The zero-order valence-corrected chi connectivity index (χ0v) is 16.2. The quantitative estimate of drug-likeness (QED) is 0.665. The lowest BCUT2D eigenvalue weighted by atomic mass is 10.1. The predicted octanol–water partition coefficient (Wildman–Crippen LogP) is 4.50. The number of hydrogen-bond acceptors (Lipinski definition) is 3. The number of carbonyl (C=O) groups excluding carboxylic acids is 1. The second kappa shape index (κ2) is 7.82. The van der Waals surface area contributed by atoms with Crippen molar-refractivity contribution in [2.24, 2.45) is 0 Å². The van der Waals surface area contributed by atoms with E-state index in [1.165, 1.54) is 42.5 Å². The highest BCUT2D eigenvalue weighted by atomic mass is 32.2. The minimum Gasteiger partial charge on any atom is -0.322 e. The molecule has 0 heterocycles. The van der Waals surface area contributed by atoms with Crippen molar-refractivity contribution in [3.05, 3.63) is 89.2 Å². The number of halogens is 1. The van der Waals surface area contributed by atoms with Gasteiger partial charge < -0.3 is 5.32 Å². The smallest absolute Gasteiger partial charge is 0.261 e. The Morgan fingerprint density at radius 3 is 2.25 bits per heavy atom. The second-order valence-electron chi connectivity index (χ2n) is 6.36. The number of carbonyl (C=O) groups is 1. The van der Waals surface area contributed by atoms with Crippen molar-refractivity contribution in [2.45, 2.75) is 18.7 Å². The van der Waals surface area contributed by atoms with Crippen molar-refractivity contribution < 1.29 is 17.6 Å². The second-order valence-corrected chi connectivity index (χ2v) is 8.04. The van der Waals surface area contributed by atoms with E-state index in [9.17, 15) is 17.6 Å². The summed E-state index contributed by atoms with van der Waals surface area (Å²) in [5.74, 6) is -0.926. The molecule has 3 rings (SSSR count). The Morgan fingerprint density at radius 2 is 1.57 bits per heavy atom. The lowest BCUT2D eigenvalue weighted by Gasteiger charge is -2.13. The van der Waals surface area contributed by atoms with Gasteiger partial charge in [0.1, 0.15) is 5.82 Å². The van der Waals surface area contributed by atoms with Gasteiger partial charge in [0.25, 0.3) is 15.9 Å². The summed E-state index contributed by atoms with van der Waals surface area (Å²) in [4.78, 5) is 12.7. The van der Waals surface area contributed by atoms with Crippen molar-refractivity contribution >= 4 is 27.3 Å². The maximum absolute atomic E-state index is 13.0. The molecule has 2 N–H and O–H groups in total. The molecule has 0 spiro atoms. The van der Waals surface area contributed by atoms with Gasteiger partial charge >= 0.3 is 0 Å². The third-order valence-corrected chi connectivity index (χ3v) is 5.67. The number of aryl methyl sites for hydroxylation is 2. The zero-order chi connectivity index (χ0) is 20.3. The van der Waals surface area contributed by atoms with Crippen molar-refractivity contribution in [3.63, 3.8) is 0 Å². The van der Waals surface area contributed by atoms with E-state index in [4.69, 9.17) is 0 Å². The minimum atomic E-state index is -3.87. The van der Waals surface area contributed by atoms with Gasteiger partial charge in [-0.3, -0.25) is 9.52 Å². The number of sulfonamides is 1. The van der Waals surface area contributed by atoms with Gasteiger partial charge in [0, 0.05) is 5.69 Å². The monoisotopic (exact) mass is 398 g/mol. The van der Waals surface area contributed by atoms with Crippen LogP contribution in [0.2, 0.25) is 0 Å². The summed E-state index contributed by atoms with van der Waals surface area (Å²) in [6.07, 6.45) is 0. The lowest BCUT2D eigenvalue weighted by Crippen LogP contribution is -2.18. The highest BCUT2D eigenvalue weighted by Gasteiger charge is 2.19.